The Bertz CT molecular complexity index is 809. The summed E-state index contributed by atoms with van der Waals surface area (Å²) < 4.78 is 14.1. The van der Waals surface area contributed by atoms with Crippen molar-refractivity contribution in [1.82, 2.24) is 0 Å². The van der Waals surface area contributed by atoms with Gasteiger partial charge in [0, 0.05) is 10.0 Å². The number of methoxy groups -OCH3 is 1. The molecule has 2 aromatic rings. The van der Waals surface area contributed by atoms with Crippen molar-refractivity contribution in [3.05, 3.63) is 58.6 Å². The molecule has 0 aliphatic carbocycles. The molecule has 2 aliphatic rings. The van der Waals surface area contributed by atoms with Crippen molar-refractivity contribution < 1.29 is 36.1 Å². The molecule has 0 fully saturated rings. The predicted molar refractivity (Wildman–Crippen MR) is 99.3 cm³/mol. The van der Waals surface area contributed by atoms with E-state index in [1.165, 1.54) is 0 Å². The van der Waals surface area contributed by atoms with E-state index in [9.17, 15) is 5.11 Å². The highest BCUT2D eigenvalue weighted by Gasteiger charge is 2.54. The van der Waals surface area contributed by atoms with E-state index in [0.29, 0.717) is 19.8 Å². The second-order valence-electron chi connectivity index (χ2n) is 6.25. The minimum absolute atomic E-state index is 0. The second kappa shape index (κ2) is 7.68. The zero-order valence-corrected chi connectivity index (χ0v) is 17.5. The smallest absolute Gasteiger partial charge is 0.281 e. The Balaban J connectivity index is 0.00000196. The fraction of sp³-hybridized carbons (Fsp3) is 0.316. The largest absolute Gasteiger partial charge is 1.00 e. The number of rotatable bonds is 3. The number of halogens is 2. The van der Waals surface area contributed by atoms with Crippen molar-refractivity contribution in [1.29, 1.82) is 0 Å². The van der Waals surface area contributed by atoms with Crippen molar-refractivity contribution in [3.63, 3.8) is 0 Å². The van der Waals surface area contributed by atoms with Gasteiger partial charge in [0.1, 0.15) is 24.6 Å². The highest BCUT2D eigenvalue weighted by molar-refractivity contribution is 9.10. The molecule has 0 saturated heterocycles. The molecule has 0 aromatic heterocycles. The molecule has 2 heterocycles. The predicted octanol–water partition coefficient (Wildman–Crippen LogP) is -0.432. The summed E-state index contributed by atoms with van der Waals surface area (Å²) in [4.78, 5) is 1.98. The maximum Gasteiger partial charge on any atom is 0.281 e. The van der Waals surface area contributed by atoms with Crippen LogP contribution in [0.5, 0.6) is 5.75 Å². The van der Waals surface area contributed by atoms with Crippen molar-refractivity contribution in [2.45, 2.75) is 5.72 Å². The zero-order valence-electron chi connectivity index (χ0n) is 14.4. The Morgan fingerprint density at radius 1 is 1.15 bits per heavy atom. The first-order valence-electron chi connectivity index (χ1n) is 8.23. The maximum atomic E-state index is 11.7. The van der Waals surface area contributed by atoms with Gasteiger partial charge < -0.3 is 31.6 Å². The van der Waals surface area contributed by atoms with Crippen LogP contribution in [0.25, 0.3) is 0 Å². The summed E-state index contributed by atoms with van der Waals surface area (Å²) in [5.74, 6) is 1.78. The van der Waals surface area contributed by atoms with Crippen LogP contribution in [-0.2, 0) is 10.5 Å². The number of amidine groups is 1. The van der Waals surface area contributed by atoms with E-state index < -0.39 is 5.72 Å². The van der Waals surface area contributed by atoms with Crippen LogP contribution in [0.4, 0.5) is 5.69 Å². The number of hydrogen-bond donors (Lipinski definition) is 1. The summed E-state index contributed by atoms with van der Waals surface area (Å²) >= 11 is 3.46. The quantitative estimate of drug-likeness (QED) is 0.602. The number of nitrogens with zero attached hydrogens (tertiary/aromatic N) is 2. The average molecular weight is 484 g/mol. The van der Waals surface area contributed by atoms with Crippen LogP contribution in [0.15, 0.2) is 53.0 Å². The third-order valence-corrected chi connectivity index (χ3v) is 5.31. The van der Waals surface area contributed by atoms with Gasteiger partial charge in [-0.2, -0.15) is 4.90 Å². The van der Waals surface area contributed by atoms with Crippen LogP contribution in [-0.4, -0.2) is 48.9 Å². The van der Waals surface area contributed by atoms with E-state index in [4.69, 9.17) is 9.47 Å². The molecule has 26 heavy (non-hydrogen) atoms. The third-order valence-electron chi connectivity index (χ3n) is 4.78. The van der Waals surface area contributed by atoms with Crippen molar-refractivity contribution in [3.8, 4) is 5.75 Å². The van der Waals surface area contributed by atoms with E-state index in [2.05, 4.69) is 20.5 Å². The monoisotopic (exact) mass is 482 g/mol. The highest BCUT2D eigenvalue weighted by atomic mass is 79.9. The SMILES string of the molecule is COc1ccc(N2C3=[N+](CCOC3)CC2(O)c2ccc(Br)cc2)cc1.[Br-]. The molecule has 0 amide bonds. The van der Waals surface area contributed by atoms with Crippen LogP contribution in [0.2, 0.25) is 0 Å². The topological polar surface area (TPSA) is 44.9 Å². The zero-order chi connectivity index (χ0) is 17.4. The first kappa shape index (κ1) is 19.4. The molecule has 5 nitrogen and oxygen atoms in total. The normalized spacial score (nSPS) is 22.0. The van der Waals surface area contributed by atoms with Gasteiger partial charge in [0.15, 0.2) is 6.54 Å². The molecule has 0 spiro atoms. The molecule has 1 N–H and O–H groups in total. The third kappa shape index (κ3) is 3.29. The van der Waals surface area contributed by atoms with E-state index >= 15 is 0 Å². The fourth-order valence-electron chi connectivity index (χ4n) is 3.52. The molecular formula is C19H20Br2N2O3. The molecule has 138 valence electrons. The second-order valence-corrected chi connectivity index (χ2v) is 7.16. The summed E-state index contributed by atoms with van der Waals surface area (Å²) in [5.41, 5.74) is 0.626. The van der Waals surface area contributed by atoms with Gasteiger partial charge in [-0.25, -0.2) is 0 Å². The summed E-state index contributed by atoms with van der Waals surface area (Å²) in [6.07, 6.45) is 0. The van der Waals surface area contributed by atoms with Crippen molar-refractivity contribution in [2.24, 2.45) is 0 Å². The minimum atomic E-state index is -1.14. The number of hydrogen-bond acceptors (Lipinski definition) is 4. The number of anilines is 1. The molecule has 0 saturated carbocycles. The van der Waals surface area contributed by atoms with Crippen molar-refractivity contribution in [2.75, 3.05) is 38.3 Å². The first-order chi connectivity index (χ1) is 12.1. The van der Waals surface area contributed by atoms with Crippen LogP contribution in [0, 0.1) is 0 Å². The van der Waals surface area contributed by atoms with Crippen molar-refractivity contribution >= 4 is 27.5 Å². The van der Waals surface area contributed by atoms with Crippen LogP contribution in [0.1, 0.15) is 5.56 Å². The Hall–Kier alpha value is -1.41. The number of ether oxygens (including phenoxy) is 2. The van der Waals surface area contributed by atoms with E-state index in [1.54, 1.807) is 7.11 Å². The molecule has 1 unspecified atom stereocenters. The average Bonchev–Trinajstić information content (AvgIpc) is 2.95. The number of benzene rings is 2. The Labute approximate surface area is 171 Å². The Morgan fingerprint density at radius 2 is 1.85 bits per heavy atom. The van der Waals surface area contributed by atoms with Gasteiger partial charge in [0.2, 0.25) is 0 Å². The van der Waals surface area contributed by atoms with E-state index in [-0.39, 0.29) is 17.0 Å². The Kier molecular flexibility index (Phi) is 5.72. The molecule has 2 aromatic carbocycles. The lowest BCUT2D eigenvalue weighted by atomic mass is 10.0. The van der Waals surface area contributed by atoms with Crippen LogP contribution < -0.4 is 26.6 Å². The lowest BCUT2D eigenvalue weighted by Crippen LogP contribution is -3.00. The Morgan fingerprint density at radius 3 is 2.50 bits per heavy atom. The lowest BCUT2D eigenvalue weighted by molar-refractivity contribution is -0.543. The highest BCUT2D eigenvalue weighted by Crippen LogP contribution is 2.37. The first-order valence-corrected chi connectivity index (χ1v) is 9.02. The van der Waals surface area contributed by atoms with Gasteiger partial charge in [0.25, 0.3) is 11.6 Å². The lowest BCUT2D eigenvalue weighted by Gasteiger charge is -2.28. The van der Waals surface area contributed by atoms with E-state index in [1.807, 2.05) is 53.4 Å². The summed E-state index contributed by atoms with van der Waals surface area (Å²) in [7, 11) is 1.65. The van der Waals surface area contributed by atoms with Gasteiger partial charge in [-0.3, -0.25) is 4.58 Å². The van der Waals surface area contributed by atoms with Crippen LogP contribution in [0.3, 0.4) is 0 Å². The van der Waals surface area contributed by atoms with Gasteiger partial charge in [-0.15, -0.1) is 0 Å². The molecular weight excluding hydrogens is 464 g/mol. The fourth-order valence-corrected chi connectivity index (χ4v) is 3.78. The van der Waals surface area contributed by atoms with Gasteiger partial charge in [-0.05, 0) is 36.4 Å². The molecule has 4 rings (SSSR count). The molecule has 1 atom stereocenters. The van der Waals surface area contributed by atoms with Gasteiger partial charge >= 0.3 is 0 Å². The summed E-state index contributed by atoms with van der Waals surface area (Å²) in [6, 6.07) is 15.6. The van der Waals surface area contributed by atoms with E-state index in [0.717, 1.165) is 33.9 Å². The number of aliphatic hydroxyl groups is 1. The van der Waals surface area contributed by atoms with Gasteiger partial charge in [-0.1, -0.05) is 28.1 Å². The maximum absolute atomic E-state index is 11.7. The standard InChI is InChI=1S/C19H20BrN2O3.BrH/c1-24-17-8-6-16(7-9-17)22-18-12-25-11-10-21(18)13-19(22,23)14-2-4-15(20)5-3-14;/h2-9,23H,10-13H2,1H3;1H/q+1;/p-1. The summed E-state index contributed by atoms with van der Waals surface area (Å²) in [6.45, 7) is 2.46. The summed E-state index contributed by atoms with van der Waals surface area (Å²) in [5, 5.41) is 11.7. The molecule has 0 bridgehead atoms. The molecule has 2 aliphatic heterocycles. The van der Waals surface area contributed by atoms with Gasteiger partial charge in [0.05, 0.1) is 13.7 Å². The molecule has 7 heteroatoms. The minimum Gasteiger partial charge on any atom is -1.00 e. The van der Waals surface area contributed by atoms with Crippen LogP contribution >= 0.6 is 15.9 Å². The molecule has 0 radical (unpaired) electrons.